The molecule has 0 aliphatic carbocycles. The Kier molecular flexibility index (Phi) is 6.00. The van der Waals surface area contributed by atoms with E-state index in [0.717, 1.165) is 0 Å². The second-order valence-corrected chi connectivity index (χ2v) is 3.27. The number of phenolic OH excluding ortho intramolecular Hbond substituents is 2. The summed E-state index contributed by atoms with van der Waals surface area (Å²) in [5.41, 5.74) is 0.690. The summed E-state index contributed by atoms with van der Waals surface area (Å²) >= 11 is 0. The second kappa shape index (κ2) is 6.71. The number of benzene rings is 1. The molecular weight excluding hydrogens is 208 g/mol. The molecule has 1 aromatic carbocycles. The van der Waals surface area contributed by atoms with Gasteiger partial charge in [-0.25, -0.2) is 0 Å². The molecule has 0 spiro atoms. The summed E-state index contributed by atoms with van der Waals surface area (Å²) in [7, 11) is 0. The van der Waals surface area contributed by atoms with Crippen LogP contribution in [0.5, 0.6) is 11.5 Å². The van der Waals surface area contributed by atoms with E-state index in [4.69, 9.17) is 15.3 Å². The summed E-state index contributed by atoms with van der Waals surface area (Å²) in [4.78, 5) is 10.5. The van der Waals surface area contributed by atoms with Crippen molar-refractivity contribution in [3.05, 3.63) is 23.8 Å². The van der Waals surface area contributed by atoms with Gasteiger partial charge in [0.25, 0.3) is 0 Å². The van der Waals surface area contributed by atoms with Crippen LogP contribution in [-0.4, -0.2) is 21.3 Å². The van der Waals surface area contributed by atoms with Crippen LogP contribution in [0.1, 0.15) is 26.3 Å². The van der Waals surface area contributed by atoms with Crippen LogP contribution in [0.3, 0.4) is 0 Å². The summed E-state index contributed by atoms with van der Waals surface area (Å²) in [5.74, 6) is -1.80. The third-order valence-electron chi connectivity index (χ3n) is 2.00. The van der Waals surface area contributed by atoms with Gasteiger partial charge in [0, 0.05) is 0 Å². The number of hydrogen-bond acceptors (Lipinski definition) is 3. The van der Waals surface area contributed by atoms with E-state index in [1.807, 2.05) is 13.8 Å². The highest BCUT2D eigenvalue weighted by Gasteiger charge is 2.12. The van der Waals surface area contributed by atoms with E-state index in [9.17, 15) is 4.79 Å². The molecule has 1 atom stereocenters. The highest BCUT2D eigenvalue weighted by atomic mass is 16.4. The number of hydrogen-bond donors (Lipinski definition) is 3. The first-order chi connectivity index (χ1) is 7.50. The molecular formula is C12H18O4. The van der Waals surface area contributed by atoms with E-state index in [2.05, 4.69) is 0 Å². The molecule has 4 nitrogen and oxygen atoms in total. The lowest BCUT2D eigenvalue weighted by Crippen LogP contribution is -2.12. The summed E-state index contributed by atoms with van der Waals surface area (Å²) in [6.45, 7) is 5.59. The number of aromatic hydroxyl groups is 2. The van der Waals surface area contributed by atoms with Gasteiger partial charge in [-0.15, -0.1) is 0 Å². The minimum absolute atomic E-state index is 0.197. The van der Waals surface area contributed by atoms with Gasteiger partial charge in [-0.1, -0.05) is 26.8 Å². The summed E-state index contributed by atoms with van der Waals surface area (Å²) in [6, 6.07) is 4.31. The van der Waals surface area contributed by atoms with Crippen molar-refractivity contribution in [1.82, 2.24) is 0 Å². The monoisotopic (exact) mass is 226 g/mol. The molecule has 0 aromatic heterocycles. The van der Waals surface area contributed by atoms with Gasteiger partial charge in [-0.2, -0.15) is 0 Å². The van der Waals surface area contributed by atoms with E-state index < -0.39 is 11.9 Å². The highest BCUT2D eigenvalue weighted by Crippen LogP contribution is 2.25. The van der Waals surface area contributed by atoms with Crippen LogP contribution in [0.4, 0.5) is 0 Å². The Morgan fingerprint density at radius 3 is 2.25 bits per heavy atom. The lowest BCUT2D eigenvalue weighted by Gasteiger charge is -2.06. The zero-order valence-electron chi connectivity index (χ0n) is 9.77. The highest BCUT2D eigenvalue weighted by molar-refractivity contribution is 5.69. The maximum absolute atomic E-state index is 10.5. The van der Waals surface area contributed by atoms with E-state index in [-0.39, 0.29) is 11.5 Å². The standard InChI is InChI=1S/C10H12O4.C2H6/c1-6(10(13)14)4-7-2-3-8(11)9(12)5-7;1-2/h2-3,5-6,11-12H,4H2,1H3,(H,13,14);1-2H3. The maximum atomic E-state index is 10.5. The van der Waals surface area contributed by atoms with Crippen molar-refractivity contribution in [1.29, 1.82) is 0 Å². The van der Waals surface area contributed by atoms with Crippen molar-refractivity contribution in [2.24, 2.45) is 5.92 Å². The van der Waals surface area contributed by atoms with E-state index in [1.165, 1.54) is 12.1 Å². The van der Waals surface area contributed by atoms with Gasteiger partial charge in [0.05, 0.1) is 5.92 Å². The largest absolute Gasteiger partial charge is 0.504 e. The van der Waals surface area contributed by atoms with Gasteiger partial charge in [0.2, 0.25) is 0 Å². The first kappa shape index (κ1) is 14.3. The number of carbonyl (C=O) groups is 1. The molecule has 0 fully saturated rings. The van der Waals surface area contributed by atoms with Crippen LogP contribution in [-0.2, 0) is 11.2 Å². The lowest BCUT2D eigenvalue weighted by molar-refractivity contribution is -0.141. The Morgan fingerprint density at radius 1 is 1.25 bits per heavy atom. The van der Waals surface area contributed by atoms with Crippen molar-refractivity contribution < 1.29 is 20.1 Å². The van der Waals surface area contributed by atoms with Crippen molar-refractivity contribution in [3.8, 4) is 11.5 Å². The molecule has 0 saturated heterocycles. The van der Waals surface area contributed by atoms with Gasteiger partial charge < -0.3 is 15.3 Å². The van der Waals surface area contributed by atoms with Gasteiger partial charge in [-0.3, -0.25) is 4.79 Å². The van der Waals surface area contributed by atoms with Gasteiger partial charge >= 0.3 is 5.97 Å². The predicted octanol–water partition coefficient (Wildman–Crippen LogP) is 2.39. The van der Waals surface area contributed by atoms with Crippen molar-refractivity contribution in [2.45, 2.75) is 27.2 Å². The van der Waals surface area contributed by atoms with E-state index >= 15 is 0 Å². The summed E-state index contributed by atoms with van der Waals surface area (Å²) < 4.78 is 0. The van der Waals surface area contributed by atoms with Crippen LogP contribution >= 0.6 is 0 Å². The zero-order chi connectivity index (χ0) is 12.7. The van der Waals surface area contributed by atoms with Crippen LogP contribution in [0.2, 0.25) is 0 Å². The van der Waals surface area contributed by atoms with Gasteiger partial charge in [-0.05, 0) is 24.1 Å². The Hall–Kier alpha value is -1.71. The van der Waals surface area contributed by atoms with Crippen LogP contribution < -0.4 is 0 Å². The Morgan fingerprint density at radius 2 is 1.81 bits per heavy atom. The average Bonchev–Trinajstić information content (AvgIpc) is 2.26. The van der Waals surface area contributed by atoms with Gasteiger partial charge in [0.1, 0.15) is 0 Å². The summed E-state index contributed by atoms with van der Waals surface area (Å²) in [6.07, 6.45) is 0.336. The zero-order valence-corrected chi connectivity index (χ0v) is 9.77. The molecule has 0 amide bonds. The van der Waals surface area contributed by atoms with E-state index in [0.29, 0.717) is 12.0 Å². The smallest absolute Gasteiger partial charge is 0.306 e. The molecule has 0 heterocycles. The number of carboxylic acids is 1. The quantitative estimate of drug-likeness (QED) is 0.691. The third kappa shape index (κ3) is 4.21. The van der Waals surface area contributed by atoms with Crippen LogP contribution in [0.25, 0.3) is 0 Å². The minimum Gasteiger partial charge on any atom is -0.504 e. The molecule has 1 rings (SSSR count). The van der Waals surface area contributed by atoms with Gasteiger partial charge in [0.15, 0.2) is 11.5 Å². The molecule has 0 saturated carbocycles. The fourth-order valence-corrected chi connectivity index (χ4v) is 1.14. The molecule has 16 heavy (non-hydrogen) atoms. The molecule has 3 N–H and O–H groups in total. The van der Waals surface area contributed by atoms with Crippen molar-refractivity contribution >= 4 is 5.97 Å². The topological polar surface area (TPSA) is 77.8 Å². The minimum atomic E-state index is -0.877. The van der Waals surface area contributed by atoms with Crippen molar-refractivity contribution in [3.63, 3.8) is 0 Å². The number of rotatable bonds is 3. The summed E-state index contributed by atoms with van der Waals surface area (Å²) in [5, 5.41) is 26.8. The van der Waals surface area contributed by atoms with Crippen LogP contribution in [0.15, 0.2) is 18.2 Å². The first-order valence-electron chi connectivity index (χ1n) is 5.24. The number of carboxylic acid groups (broad SMARTS) is 1. The number of phenols is 2. The van der Waals surface area contributed by atoms with Crippen molar-refractivity contribution in [2.75, 3.05) is 0 Å². The average molecular weight is 226 g/mol. The first-order valence-corrected chi connectivity index (χ1v) is 5.24. The Labute approximate surface area is 95.2 Å². The Balaban J connectivity index is 0.00000106. The molecule has 4 heteroatoms. The molecule has 0 aliphatic heterocycles. The third-order valence-corrected chi connectivity index (χ3v) is 2.00. The fourth-order valence-electron chi connectivity index (χ4n) is 1.14. The predicted molar refractivity (Wildman–Crippen MR) is 61.6 cm³/mol. The SMILES string of the molecule is CC.CC(Cc1ccc(O)c(O)c1)C(=O)O. The van der Waals surface area contributed by atoms with E-state index in [1.54, 1.807) is 13.0 Å². The second-order valence-electron chi connectivity index (χ2n) is 3.27. The normalized spacial score (nSPS) is 11.2. The maximum Gasteiger partial charge on any atom is 0.306 e. The molecule has 0 bridgehead atoms. The Bertz CT molecular complexity index is 347. The fraction of sp³-hybridized carbons (Fsp3) is 0.417. The molecule has 0 aliphatic rings. The van der Waals surface area contributed by atoms with Crippen LogP contribution in [0, 0.1) is 5.92 Å². The molecule has 90 valence electrons. The molecule has 1 unspecified atom stereocenters. The number of aliphatic carboxylic acids is 1. The molecule has 0 radical (unpaired) electrons. The lowest BCUT2D eigenvalue weighted by atomic mass is 10.0. The molecule has 1 aromatic rings.